The number of nitrogens with one attached hydrogen (secondary N) is 1. The van der Waals surface area contributed by atoms with Gasteiger partial charge in [0.1, 0.15) is 6.67 Å². The van der Waals surface area contributed by atoms with Crippen LogP contribution < -0.4 is 10.9 Å². The lowest BCUT2D eigenvalue weighted by Crippen LogP contribution is -2.42. The van der Waals surface area contributed by atoms with Gasteiger partial charge in [-0.3, -0.25) is 19.2 Å². The second-order valence-corrected chi connectivity index (χ2v) is 6.75. The van der Waals surface area contributed by atoms with Crippen molar-refractivity contribution in [2.75, 3.05) is 6.67 Å². The average Bonchev–Trinajstić information content (AvgIpc) is 2.76. The smallest absolute Gasteiger partial charge is 0.300 e. The topological polar surface area (TPSA) is 118 Å². The summed E-state index contributed by atoms with van der Waals surface area (Å²) in [4.78, 5) is 45.3. The molecule has 1 aromatic heterocycles. The Bertz CT molecular complexity index is 955. The monoisotopic (exact) mass is 449 g/mol. The molecule has 9 heteroatoms. The number of carbonyl (C=O) groups excluding carboxylic acids is 2. The van der Waals surface area contributed by atoms with Gasteiger partial charge in [-0.25, -0.2) is 9.07 Å². The van der Waals surface area contributed by atoms with E-state index in [2.05, 4.69) is 10.4 Å². The Morgan fingerprint density at radius 1 is 1.16 bits per heavy atom. The van der Waals surface area contributed by atoms with Crippen LogP contribution in [0.25, 0.3) is 0 Å². The lowest BCUT2D eigenvalue weighted by Gasteiger charge is -2.16. The van der Waals surface area contributed by atoms with Crippen molar-refractivity contribution in [2.45, 2.75) is 60.0 Å². The molecule has 2 unspecified atom stereocenters. The third-order valence-corrected chi connectivity index (χ3v) is 4.36. The van der Waals surface area contributed by atoms with E-state index in [1.54, 1.807) is 6.92 Å². The molecule has 0 fully saturated rings. The first-order valence-corrected chi connectivity index (χ1v) is 10.3. The number of rotatable bonds is 7. The number of hydrogen-bond acceptors (Lipinski definition) is 5. The van der Waals surface area contributed by atoms with E-state index in [1.165, 1.54) is 23.9 Å². The summed E-state index contributed by atoms with van der Waals surface area (Å²) in [5, 5.41) is 13.9. The molecule has 2 N–H and O–H groups in total. The number of halogens is 1. The summed E-state index contributed by atoms with van der Waals surface area (Å²) in [6.07, 6.45) is 1.47. The quantitative estimate of drug-likeness (QED) is 0.671. The van der Waals surface area contributed by atoms with Gasteiger partial charge in [-0.15, -0.1) is 0 Å². The Balaban J connectivity index is 0.00000144. The number of aryl methyl sites for hydroxylation is 1. The number of amides is 1. The standard InChI is InChI=1S/C19H22FN3O3.C2H4O2.C2H6/c1-12-6-4-5-7-15(12)11-23-19(26)16(8-9-21-23)13(2)18(25)22-14(3)17(24)10-20;1-2(3)4;1-2/h4-9,13-14H,10-11H2,1-3H3,(H,22,25);1H3,(H,3,4);1-2H3. The van der Waals surface area contributed by atoms with E-state index in [0.29, 0.717) is 6.54 Å². The highest BCUT2D eigenvalue weighted by Gasteiger charge is 2.23. The van der Waals surface area contributed by atoms with E-state index in [9.17, 15) is 18.8 Å². The van der Waals surface area contributed by atoms with Crippen molar-refractivity contribution in [1.29, 1.82) is 0 Å². The van der Waals surface area contributed by atoms with Crippen LogP contribution in [0.15, 0.2) is 41.3 Å². The molecule has 1 aromatic carbocycles. The van der Waals surface area contributed by atoms with Crippen LogP contribution in [0.4, 0.5) is 4.39 Å². The minimum absolute atomic E-state index is 0.269. The van der Waals surface area contributed by atoms with Crippen molar-refractivity contribution in [3.63, 3.8) is 0 Å². The van der Waals surface area contributed by atoms with E-state index in [0.717, 1.165) is 18.1 Å². The van der Waals surface area contributed by atoms with E-state index in [4.69, 9.17) is 9.90 Å². The summed E-state index contributed by atoms with van der Waals surface area (Å²) in [7, 11) is 0. The number of benzene rings is 1. The normalized spacial score (nSPS) is 11.6. The maximum atomic E-state index is 12.7. The zero-order chi connectivity index (χ0) is 24.8. The predicted octanol–water partition coefficient (Wildman–Crippen LogP) is 2.86. The van der Waals surface area contributed by atoms with Crippen LogP contribution in [0.1, 0.15) is 57.2 Å². The summed E-state index contributed by atoms with van der Waals surface area (Å²) in [5.74, 6) is -2.84. The number of aliphatic carboxylic acids is 1. The third kappa shape index (κ3) is 9.20. The molecular formula is C23H32FN3O5. The number of ketones is 1. The minimum atomic E-state index is -1.14. The van der Waals surface area contributed by atoms with Crippen LogP contribution in [0.2, 0.25) is 0 Å². The largest absolute Gasteiger partial charge is 0.481 e. The first kappa shape index (κ1) is 28.6. The molecule has 0 aliphatic heterocycles. The zero-order valence-electron chi connectivity index (χ0n) is 19.4. The van der Waals surface area contributed by atoms with Gasteiger partial charge in [0.15, 0.2) is 5.78 Å². The average molecular weight is 450 g/mol. The second kappa shape index (κ2) is 14.6. The first-order chi connectivity index (χ1) is 15.1. The maximum Gasteiger partial charge on any atom is 0.300 e. The number of hydrogen-bond donors (Lipinski definition) is 2. The van der Waals surface area contributed by atoms with Gasteiger partial charge in [-0.1, -0.05) is 38.1 Å². The molecule has 0 bridgehead atoms. The van der Waals surface area contributed by atoms with Gasteiger partial charge in [0, 0.05) is 18.7 Å². The van der Waals surface area contributed by atoms with Crippen molar-refractivity contribution in [1.82, 2.24) is 15.1 Å². The number of Topliss-reactive ketones (excluding diaryl/α,β-unsaturated/α-hetero) is 1. The lowest BCUT2D eigenvalue weighted by molar-refractivity contribution is -0.134. The Kier molecular flexibility index (Phi) is 13.1. The Morgan fingerprint density at radius 3 is 2.25 bits per heavy atom. The van der Waals surface area contributed by atoms with E-state index in [-0.39, 0.29) is 11.1 Å². The van der Waals surface area contributed by atoms with Crippen LogP contribution in [0.3, 0.4) is 0 Å². The van der Waals surface area contributed by atoms with E-state index >= 15 is 0 Å². The van der Waals surface area contributed by atoms with Crippen molar-refractivity contribution in [3.8, 4) is 0 Å². The molecule has 176 valence electrons. The van der Waals surface area contributed by atoms with E-state index in [1.807, 2.05) is 45.0 Å². The molecule has 1 amide bonds. The lowest BCUT2D eigenvalue weighted by atomic mass is 10.0. The number of aromatic nitrogens is 2. The molecule has 0 saturated heterocycles. The molecule has 0 saturated carbocycles. The summed E-state index contributed by atoms with van der Waals surface area (Å²) in [5.41, 5.74) is 1.89. The number of carboxylic acids is 1. The number of nitrogens with zero attached hydrogens (tertiary/aromatic N) is 2. The molecule has 8 nitrogen and oxygen atoms in total. The van der Waals surface area contributed by atoms with Crippen LogP contribution in [0, 0.1) is 6.92 Å². The summed E-state index contributed by atoms with van der Waals surface area (Å²) >= 11 is 0. The zero-order valence-corrected chi connectivity index (χ0v) is 19.4. The fourth-order valence-electron chi connectivity index (χ4n) is 2.53. The van der Waals surface area contributed by atoms with Gasteiger partial charge in [-0.05, 0) is 38.0 Å². The fraction of sp³-hybridized carbons (Fsp3) is 0.435. The molecule has 2 atom stereocenters. The summed E-state index contributed by atoms with van der Waals surface area (Å²) in [6.45, 7) is 9.16. The predicted molar refractivity (Wildman–Crippen MR) is 120 cm³/mol. The molecule has 0 aliphatic rings. The van der Waals surface area contributed by atoms with Crippen LogP contribution >= 0.6 is 0 Å². The molecule has 2 aromatic rings. The maximum absolute atomic E-state index is 12.7. The molecule has 0 spiro atoms. The fourth-order valence-corrected chi connectivity index (χ4v) is 2.53. The van der Waals surface area contributed by atoms with Gasteiger partial charge in [0.05, 0.1) is 18.5 Å². The molecule has 0 aliphatic carbocycles. The highest BCUT2D eigenvalue weighted by molar-refractivity contribution is 5.91. The molecule has 0 radical (unpaired) electrons. The van der Waals surface area contributed by atoms with Gasteiger partial charge in [0.25, 0.3) is 11.5 Å². The Hall–Kier alpha value is -3.36. The van der Waals surface area contributed by atoms with Gasteiger partial charge in [-0.2, -0.15) is 5.10 Å². The molecule has 32 heavy (non-hydrogen) atoms. The SMILES string of the molecule is CC.CC(=O)O.Cc1ccccc1Cn1nccc(C(C)C(=O)NC(C)C(=O)CF)c1=O. The highest BCUT2D eigenvalue weighted by Crippen LogP contribution is 2.12. The van der Waals surface area contributed by atoms with Gasteiger partial charge >= 0.3 is 0 Å². The van der Waals surface area contributed by atoms with Crippen molar-refractivity contribution in [3.05, 3.63) is 63.6 Å². The minimum Gasteiger partial charge on any atom is -0.481 e. The third-order valence-electron chi connectivity index (χ3n) is 4.36. The highest BCUT2D eigenvalue weighted by atomic mass is 19.1. The van der Waals surface area contributed by atoms with Gasteiger partial charge in [0.2, 0.25) is 5.91 Å². The van der Waals surface area contributed by atoms with Crippen molar-refractivity contribution in [2.24, 2.45) is 0 Å². The first-order valence-electron chi connectivity index (χ1n) is 10.3. The Morgan fingerprint density at radius 2 is 1.72 bits per heavy atom. The molecule has 2 rings (SSSR count). The number of carboxylic acid groups (broad SMARTS) is 1. The summed E-state index contributed by atoms with van der Waals surface area (Å²) < 4.78 is 13.7. The molecular weight excluding hydrogens is 417 g/mol. The van der Waals surface area contributed by atoms with Crippen molar-refractivity contribution >= 4 is 17.7 Å². The van der Waals surface area contributed by atoms with Crippen LogP contribution in [0.5, 0.6) is 0 Å². The second-order valence-electron chi connectivity index (χ2n) is 6.75. The Labute approximate surface area is 187 Å². The number of carbonyl (C=O) groups is 3. The molecule has 1 heterocycles. The van der Waals surface area contributed by atoms with Crippen LogP contribution in [-0.4, -0.2) is 45.3 Å². The van der Waals surface area contributed by atoms with E-state index < -0.39 is 36.3 Å². The number of alkyl halides is 1. The summed E-state index contributed by atoms with van der Waals surface area (Å²) in [6, 6.07) is 8.21. The van der Waals surface area contributed by atoms with Crippen LogP contribution in [-0.2, 0) is 20.9 Å². The van der Waals surface area contributed by atoms with Crippen molar-refractivity contribution < 1.29 is 23.9 Å². The van der Waals surface area contributed by atoms with Gasteiger partial charge < -0.3 is 10.4 Å².